The van der Waals surface area contributed by atoms with Crippen molar-refractivity contribution in [1.29, 1.82) is 0 Å². The number of nitrogens with one attached hydrogen (secondary N) is 2. The zero-order valence-electron chi connectivity index (χ0n) is 20.7. The summed E-state index contributed by atoms with van der Waals surface area (Å²) in [7, 11) is 0. The second-order valence-corrected chi connectivity index (χ2v) is 8.59. The first-order chi connectivity index (χ1) is 18.9. The average Bonchev–Trinajstić information content (AvgIpc) is 3.25. The molecule has 2 N–H and O–H groups in total. The number of halogens is 2. The van der Waals surface area contributed by atoms with E-state index in [4.69, 9.17) is 14.5 Å². The van der Waals surface area contributed by atoms with E-state index in [1.807, 2.05) is 22.8 Å². The Hall–Kier alpha value is -5.06. The SMILES string of the molecule is CC(=O)Nc1ccc(OCc2nc3ccc(-c4ccc(=O)[nH]c4)cc3n2Cc2ccccc2OC(F)F)cn1. The summed E-state index contributed by atoms with van der Waals surface area (Å²) in [5.74, 6) is 1.23. The Kier molecular flexibility index (Phi) is 7.30. The Morgan fingerprint density at radius 1 is 1.08 bits per heavy atom. The fourth-order valence-electron chi connectivity index (χ4n) is 4.11. The molecule has 0 unspecified atom stereocenters. The zero-order chi connectivity index (χ0) is 27.4. The van der Waals surface area contributed by atoms with E-state index in [0.29, 0.717) is 28.5 Å². The third kappa shape index (κ3) is 6.09. The van der Waals surface area contributed by atoms with Crippen molar-refractivity contribution in [3.63, 3.8) is 0 Å². The lowest BCUT2D eigenvalue weighted by atomic mass is 10.1. The molecule has 2 aromatic carbocycles. The number of nitrogens with zero attached hydrogens (tertiary/aromatic N) is 3. The molecule has 0 atom stereocenters. The molecule has 39 heavy (non-hydrogen) atoms. The van der Waals surface area contributed by atoms with Crippen molar-refractivity contribution in [3.05, 3.63) is 101 Å². The van der Waals surface area contributed by atoms with Crippen molar-refractivity contribution in [2.45, 2.75) is 26.7 Å². The van der Waals surface area contributed by atoms with Gasteiger partial charge in [-0.05, 0) is 47.5 Å². The van der Waals surface area contributed by atoms with Gasteiger partial charge in [0.15, 0.2) is 0 Å². The van der Waals surface area contributed by atoms with Gasteiger partial charge in [0.25, 0.3) is 0 Å². The molecule has 0 bridgehead atoms. The number of ether oxygens (including phenoxy) is 2. The van der Waals surface area contributed by atoms with Crippen LogP contribution >= 0.6 is 0 Å². The Bertz CT molecular complexity index is 1660. The number of benzene rings is 2. The van der Waals surface area contributed by atoms with E-state index in [-0.39, 0.29) is 30.4 Å². The molecule has 198 valence electrons. The lowest BCUT2D eigenvalue weighted by molar-refractivity contribution is -0.114. The van der Waals surface area contributed by atoms with Crippen molar-refractivity contribution >= 4 is 22.8 Å². The fraction of sp³-hybridized carbons (Fsp3) is 0.143. The summed E-state index contributed by atoms with van der Waals surface area (Å²) < 4.78 is 38.7. The topological polar surface area (TPSA) is 111 Å². The summed E-state index contributed by atoms with van der Waals surface area (Å²) in [6.45, 7) is -1.33. The molecule has 0 radical (unpaired) electrons. The van der Waals surface area contributed by atoms with Crippen LogP contribution in [-0.2, 0) is 17.9 Å². The number of hydrogen-bond donors (Lipinski definition) is 2. The molecule has 1 amide bonds. The van der Waals surface area contributed by atoms with Gasteiger partial charge in [0, 0.05) is 24.8 Å². The van der Waals surface area contributed by atoms with Crippen molar-refractivity contribution in [1.82, 2.24) is 19.5 Å². The maximum Gasteiger partial charge on any atom is 0.387 e. The minimum atomic E-state index is -2.96. The third-order valence-electron chi connectivity index (χ3n) is 5.87. The van der Waals surface area contributed by atoms with Gasteiger partial charge in [0.1, 0.15) is 29.7 Å². The van der Waals surface area contributed by atoms with Crippen LogP contribution in [0.5, 0.6) is 11.5 Å². The molecule has 3 aromatic heterocycles. The molecular weight excluding hydrogens is 508 g/mol. The number of H-pyrrole nitrogens is 1. The zero-order valence-corrected chi connectivity index (χ0v) is 20.7. The molecule has 0 aliphatic heterocycles. The molecule has 0 aliphatic rings. The van der Waals surface area contributed by atoms with Crippen molar-refractivity contribution in [2.24, 2.45) is 0 Å². The van der Waals surface area contributed by atoms with Crippen LogP contribution in [0.15, 0.2) is 83.9 Å². The number of alkyl halides is 2. The van der Waals surface area contributed by atoms with E-state index in [1.54, 1.807) is 42.6 Å². The van der Waals surface area contributed by atoms with Gasteiger partial charge in [-0.1, -0.05) is 24.3 Å². The molecule has 0 spiro atoms. The predicted molar refractivity (Wildman–Crippen MR) is 141 cm³/mol. The Balaban J connectivity index is 1.51. The van der Waals surface area contributed by atoms with Crippen LogP contribution in [-0.4, -0.2) is 32.0 Å². The number of amides is 1. The minimum Gasteiger partial charge on any atom is -0.484 e. The number of carbonyl (C=O) groups excluding carboxylic acids is 1. The standard InChI is InChI=1S/C28H23F2N5O4/c1-17(36)33-25-10-8-21(14-31-25)38-16-26-34-22-9-6-18(19-7-11-27(37)32-13-19)12-23(22)35(26)15-20-4-2-3-5-24(20)39-28(29)30/h2-14,28H,15-16H2,1H3,(H,32,37)(H,31,33,36). The molecule has 0 saturated carbocycles. The van der Waals surface area contributed by atoms with Crippen LogP contribution in [0.25, 0.3) is 22.2 Å². The van der Waals surface area contributed by atoms with E-state index < -0.39 is 6.61 Å². The average molecular weight is 532 g/mol. The van der Waals surface area contributed by atoms with Crippen LogP contribution in [0.4, 0.5) is 14.6 Å². The maximum atomic E-state index is 13.1. The van der Waals surface area contributed by atoms with Gasteiger partial charge in [-0.25, -0.2) is 9.97 Å². The normalized spacial score (nSPS) is 11.1. The summed E-state index contributed by atoms with van der Waals surface area (Å²) in [6, 6.07) is 18.7. The summed E-state index contributed by atoms with van der Waals surface area (Å²) in [4.78, 5) is 34.3. The molecule has 5 aromatic rings. The number of carbonyl (C=O) groups is 1. The number of imidazole rings is 1. The van der Waals surface area contributed by atoms with Crippen molar-refractivity contribution in [3.8, 4) is 22.6 Å². The Morgan fingerprint density at radius 2 is 1.90 bits per heavy atom. The number of aromatic nitrogens is 4. The van der Waals surface area contributed by atoms with E-state index in [9.17, 15) is 18.4 Å². The fourth-order valence-corrected chi connectivity index (χ4v) is 4.11. The first-order valence-electron chi connectivity index (χ1n) is 11.9. The van der Waals surface area contributed by atoms with Crippen LogP contribution in [0, 0.1) is 0 Å². The number of rotatable bonds is 9. The van der Waals surface area contributed by atoms with Gasteiger partial charge < -0.3 is 24.3 Å². The number of aromatic amines is 1. The predicted octanol–water partition coefficient (Wildman–Crippen LogP) is 4.97. The first-order valence-corrected chi connectivity index (χ1v) is 11.9. The molecule has 0 saturated heterocycles. The van der Waals surface area contributed by atoms with Crippen LogP contribution < -0.4 is 20.3 Å². The summed E-state index contributed by atoms with van der Waals surface area (Å²) in [5, 5.41) is 2.59. The van der Waals surface area contributed by atoms with Crippen molar-refractivity contribution in [2.75, 3.05) is 5.32 Å². The second-order valence-electron chi connectivity index (χ2n) is 8.59. The number of fused-ring (bicyclic) bond motifs is 1. The summed E-state index contributed by atoms with van der Waals surface area (Å²) in [5.41, 5.74) is 3.38. The number of hydrogen-bond acceptors (Lipinski definition) is 6. The van der Waals surface area contributed by atoms with Gasteiger partial charge in [0.2, 0.25) is 11.5 Å². The highest BCUT2D eigenvalue weighted by Crippen LogP contribution is 2.28. The van der Waals surface area contributed by atoms with Crippen LogP contribution in [0.1, 0.15) is 18.3 Å². The maximum absolute atomic E-state index is 13.1. The lowest BCUT2D eigenvalue weighted by Crippen LogP contribution is -2.11. The molecule has 3 heterocycles. The van der Waals surface area contributed by atoms with Crippen molar-refractivity contribution < 1.29 is 23.0 Å². The monoisotopic (exact) mass is 531 g/mol. The number of pyridine rings is 2. The highest BCUT2D eigenvalue weighted by molar-refractivity contribution is 5.87. The number of anilines is 1. The van der Waals surface area contributed by atoms with Gasteiger partial charge in [-0.15, -0.1) is 0 Å². The van der Waals surface area contributed by atoms with E-state index in [2.05, 4.69) is 15.3 Å². The van der Waals surface area contributed by atoms with Gasteiger partial charge in [-0.2, -0.15) is 8.78 Å². The quantitative estimate of drug-likeness (QED) is 0.278. The minimum absolute atomic E-state index is 0.0572. The van der Waals surface area contributed by atoms with Crippen LogP contribution in [0.3, 0.4) is 0 Å². The largest absolute Gasteiger partial charge is 0.484 e. The van der Waals surface area contributed by atoms with E-state index in [0.717, 1.165) is 16.6 Å². The van der Waals surface area contributed by atoms with Gasteiger partial charge in [-0.3, -0.25) is 9.59 Å². The summed E-state index contributed by atoms with van der Waals surface area (Å²) in [6.07, 6.45) is 3.11. The Morgan fingerprint density at radius 3 is 2.62 bits per heavy atom. The second kappa shape index (κ2) is 11.1. The first kappa shape index (κ1) is 25.6. The van der Waals surface area contributed by atoms with Gasteiger partial charge >= 0.3 is 6.61 Å². The molecule has 0 aliphatic carbocycles. The highest BCUT2D eigenvalue weighted by Gasteiger charge is 2.17. The summed E-state index contributed by atoms with van der Waals surface area (Å²) >= 11 is 0. The smallest absolute Gasteiger partial charge is 0.387 e. The van der Waals surface area contributed by atoms with E-state index in [1.165, 1.54) is 25.3 Å². The third-order valence-corrected chi connectivity index (χ3v) is 5.87. The molecule has 11 heteroatoms. The highest BCUT2D eigenvalue weighted by atomic mass is 19.3. The van der Waals surface area contributed by atoms with Gasteiger partial charge in [0.05, 0.1) is 23.8 Å². The molecule has 5 rings (SSSR count). The Labute approximate surface area is 221 Å². The van der Waals surface area contributed by atoms with Crippen LogP contribution in [0.2, 0.25) is 0 Å². The van der Waals surface area contributed by atoms with E-state index >= 15 is 0 Å². The molecular formula is C28H23F2N5O4. The molecule has 9 nitrogen and oxygen atoms in total. The lowest BCUT2D eigenvalue weighted by Gasteiger charge is -2.14. The molecule has 0 fully saturated rings. The number of para-hydroxylation sites is 1.